The molecule has 0 aromatic rings. The number of halogens is 4. The smallest absolute Gasteiger partial charge is 0.0533 e. The number of unbranched alkanes of at least 4 members (excludes halogenated alkanes) is 17. The third-order valence-electron chi connectivity index (χ3n) is 4.46. The summed E-state index contributed by atoms with van der Waals surface area (Å²) < 4.78 is 0. The molecular formula is C20H46Cl4. The second-order valence-corrected chi connectivity index (χ2v) is 6.66. The molecule has 154 valence electrons. The maximum absolute atomic E-state index is 2.30. The first-order valence-corrected chi connectivity index (χ1v) is 9.91. The van der Waals surface area contributed by atoms with Crippen molar-refractivity contribution in [1.82, 2.24) is 0 Å². The minimum Gasteiger partial charge on any atom is -0.147 e. The van der Waals surface area contributed by atoms with E-state index in [-0.39, 0.29) is 49.6 Å². The highest BCUT2D eigenvalue weighted by Gasteiger charge is 1.94. The van der Waals surface area contributed by atoms with Gasteiger partial charge in [-0.15, -0.1) is 49.6 Å². The molecule has 0 atom stereocenters. The van der Waals surface area contributed by atoms with Gasteiger partial charge >= 0.3 is 0 Å². The molecule has 4 heteroatoms. The number of hydrogen-bond donors (Lipinski definition) is 0. The Morgan fingerprint density at radius 3 is 0.500 bits per heavy atom. The molecule has 0 saturated carbocycles. The van der Waals surface area contributed by atoms with Crippen LogP contribution in [0.25, 0.3) is 0 Å². The van der Waals surface area contributed by atoms with E-state index < -0.39 is 0 Å². The van der Waals surface area contributed by atoms with Crippen molar-refractivity contribution in [2.45, 2.75) is 129 Å². The lowest BCUT2D eigenvalue weighted by Crippen LogP contribution is -1.83. The van der Waals surface area contributed by atoms with Crippen molar-refractivity contribution in [3.05, 3.63) is 0 Å². The predicted molar refractivity (Wildman–Crippen MR) is 123 cm³/mol. The zero-order chi connectivity index (χ0) is 14.7. The second-order valence-electron chi connectivity index (χ2n) is 6.66. The number of hydrogen-bond acceptors (Lipinski definition) is 0. The molecule has 0 heterocycles. The SMILES string of the molecule is CCCCCCCCCCCCCCCCCCCC.Cl.Cl.Cl.Cl. The first-order chi connectivity index (χ1) is 9.91. The molecule has 0 radical (unpaired) electrons. The fourth-order valence-corrected chi connectivity index (χ4v) is 2.97. The summed E-state index contributed by atoms with van der Waals surface area (Å²) in [5.74, 6) is 0. The van der Waals surface area contributed by atoms with E-state index in [4.69, 9.17) is 0 Å². The molecule has 0 rings (SSSR count). The lowest BCUT2D eigenvalue weighted by atomic mass is 10.0. The van der Waals surface area contributed by atoms with Crippen LogP contribution in [0, 0.1) is 0 Å². The molecule has 0 aliphatic heterocycles. The van der Waals surface area contributed by atoms with Gasteiger partial charge in [-0.1, -0.05) is 129 Å². The van der Waals surface area contributed by atoms with Crippen LogP contribution in [0.15, 0.2) is 0 Å². The molecule has 0 aromatic carbocycles. The van der Waals surface area contributed by atoms with Gasteiger partial charge in [0.25, 0.3) is 0 Å². The summed E-state index contributed by atoms with van der Waals surface area (Å²) in [7, 11) is 0. The van der Waals surface area contributed by atoms with Gasteiger partial charge < -0.3 is 0 Å². The lowest BCUT2D eigenvalue weighted by Gasteiger charge is -2.03. The third kappa shape index (κ3) is 34.5. The Morgan fingerprint density at radius 1 is 0.250 bits per heavy atom. The van der Waals surface area contributed by atoms with Crippen molar-refractivity contribution in [3.63, 3.8) is 0 Å². The Kier molecular flexibility index (Phi) is 53.1. The molecule has 0 aliphatic carbocycles. The lowest BCUT2D eigenvalue weighted by molar-refractivity contribution is 0.526. The molecule has 0 aromatic heterocycles. The fraction of sp³-hybridized carbons (Fsp3) is 1.00. The Labute approximate surface area is 178 Å². The van der Waals surface area contributed by atoms with Gasteiger partial charge in [-0.3, -0.25) is 0 Å². The molecule has 0 saturated heterocycles. The topological polar surface area (TPSA) is 0 Å². The van der Waals surface area contributed by atoms with E-state index in [1.807, 2.05) is 0 Å². The van der Waals surface area contributed by atoms with Gasteiger partial charge in [-0.2, -0.15) is 0 Å². The van der Waals surface area contributed by atoms with Crippen LogP contribution >= 0.6 is 49.6 Å². The molecular weight excluding hydrogens is 382 g/mol. The van der Waals surface area contributed by atoms with Crippen LogP contribution in [0.3, 0.4) is 0 Å². The summed E-state index contributed by atoms with van der Waals surface area (Å²) in [6, 6.07) is 0. The van der Waals surface area contributed by atoms with Gasteiger partial charge in [0.15, 0.2) is 0 Å². The van der Waals surface area contributed by atoms with Gasteiger partial charge in [-0.25, -0.2) is 0 Å². The van der Waals surface area contributed by atoms with Crippen molar-refractivity contribution in [1.29, 1.82) is 0 Å². The van der Waals surface area contributed by atoms with Gasteiger partial charge in [0.2, 0.25) is 0 Å². The molecule has 0 N–H and O–H groups in total. The normalized spacial score (nSPS) is 9.25. The van der Waals surface area contributed by atoms with Crippen molar-refractivity contribution < 1.29 is 0 Å². The summed E-state index contributed by atoms with van der Waals surface area (Å²) in [6.07, 6.45) is 26.4. The van der Waals surface area contributed by atoms with Crippen LogP contribution < -0.4 is 0 Å². The molecule has 0 aliphatic rings. The number of rotatable bonds is 17. The van der Waals surface area contributed by atoms with Gasteiger partial charge in [-0.05, 0) is 0 Å². The van der Waals surface area contributed by atoms with E-state index in [0.717, 1.165) is 0 Å². The van der Waals surface area contributed by atoms with Crippen LogP contribution in [0.1, 0.15) is 129 Å². The monoisotopic (exact) mass is 426 g/mol. The summed E-state index contributed by atoms with van der Waals surface area (Å²) in [5.41, 5.74) is 0. The molecule has 0 nitrogen and oxygen atoms in total. The van der Waals surface area contributed by atoms with Crippen LogP contribution in [-0.2, 0) is 0 Å². The van der Waals surface area contributed by atoms with E-state index in [1.54, 1.807) is 0 Å². The zero-order valence-corrected chi connectivity index (χ0v) is 19.6. The van der Waals surface area contributed by atoms with E-state index in [2.05, 4.69) is 13.8 Å². The van der Waals surface area contributed by atoms with E-state index in [1.165, 1.54) is 116 Å². The molecule has 0 spiro atoms. The fourth-order valence-electron chi connectivity index (χ4n) is 2.97. The van der Waals surface area contributed by atoms with Crippen molar-refractivity contribution >= 4 is 49.6 Å². The molecule has 0 unspecified atom stereocenters. The molecule has 0 fully saturated rings. The molecule has 24 heavy (non-hydrogen) atoms. The highest BCUT2D eigenvalue weighted by Crippen LogP contribution is 2.14. The molecule has 0 amide bonds. The zero-order valence-electron chi connectivity index (χ0n) is 16.4. The second kappa shape index (κ2) is 35.3. The largest absolute Gasteiger partial charge is 0.147 e. The van der Waals surface area contributed by atoms with E-state index in [9.17, 15) is 0 Å². The maximum Gasteiger partial charge on any atom is -0.0533 e. The minimum atomic E-state index is 0. The minimum absolute atomic E-state index is 0. The Bertz CT molecular complexity index is 148. The van der Waals surface area contributed by atoms with Crippen LogP contribution in [0.2, 0.25) is 0 Å². The first-order valence-electron chi connectivity index (χ1n) is 9.91. The Morgan fingerprint density at radius 2 is 0.375 bits per heavy atom. The summed E-state index contributed by atoms with van der Waals surface area (Å²) in [6.45, 7) is 4.59. The van der Waals surface area contributed by atoms with Crippen molar-refractivity contribution in [3.8, 4) is 0 Å². The van der Waals surface area contributed by atoms with Gasteiger partial charge in [0.05, 0.1) is 0 Å². The van der Waals surface area contributed by atoms with Crippen molar-refractivity contribution in [2.24, 2.45) is 0 Å². The van der Waals surface area contributed by atoms with Gasteiger partial charge in [0.1, 0.15) is 0 Å². The quantitative estimate of drug-likeness (QED) is 0.202. The third-order valence-corrected chi connectivity index (χ3v) is 4.46. The average molecular weight is 428 g/mol. The van der Waals surface area contributed by atoms with Crippen LogP contribution in [0.4, 0.5) is 0 Å². The highest BCUT2D eigenvalue weighted by molar-refractivity contribution is 5.86. The molecule has 0 bridgehead atoms. The predicted octanol–water partition coefficient (Wildman–Crippen LogP) is 9.74. The van der Waals surface area contributed by atoms with Crippen molar-refractivity contribution in [2.75, 3.05) is 0 Å². The summed E-state index contributed by atoms with van der Waals surface area (Å²) >= 11 is 0. The highest BCUT2D eigenvalue weighted by atomic mass is 35.5. The van der Waals surface area contributed by atoms with E-state index in [0.29, 0.717) is 0 Å². The van der Waals surface area contributed by atoms with Crippen LogP contribution in [-0.4, -0.2) is 0 Å². The maximum atomic E-state index is 2.30. The standard InChI is InChI=1S/C20H42.4ClH/c1-3-5-7-9-11-13-15-17-19-20-18-16-14-12-10-8-6-4-2;;;;/h3-20H2,1-2H3;4*1H. The summed E-state index contributed by atoms with van der Waals surface area (Å²) in [5, 5.41) is 0. The van der Waals surface area contributed by atoms with Crippen LogP contribution in [0.5, 0.6) is 0 Å². The van der Waals surface area contributed by atoms with E-state index >= 15 is 0 Å². The average Bonchev–Trinajstić information content (AvgIpc) is 2.47. The first kappa shape index (κ1) is 36.1. The Hall–Kier alpha value is 1.16. The Balaban J connectivity index is -0.000000301. The summed E-state index contributed by atoms with van der Waals surface area (Å²) in [4.78, 5) is 0. The van der Waals surface area contributed by atoms with Gasteiger partial charge in [0, 0.05) is 0 Å².